The average molecular weight is 431 g/mol. The molecule has 4 rings (SSSR count). The summed E-state index contributed by atoms with van der Waals surface area (Å²) in [6.45, 7) is 0.724. The lowest BCUT2D eigenvalue weighted by atomic mass is 10.2. The Labute approximate surface area is 172 Å². The number of amides is 1. The highest BCUT2D eigenvalue weighted by molar-refractivity contribution is 8.00. The Bertz CT molecular complexity index is 1080. The fraction of sp³-hybridized carbons (Fsp3) is 0.150. The van der Waals surface area contributed by atoms with Crippen LogP contribution in [0, 0.1) is 0 Å². The van der Waals surface area contributed by atoms with Crippen LogP contribution in [-0.4, -0.2) is 26.6 Å². The van der Waals surface area contributed by atoms with Gasteiger partial charge < -0.3 is 4.90 Å². The van der Waals surface area contributed by atoms with E-state index in [2.05, 4.69) is 10.8 Å². The third kappa shape index (κ3) is 4.09. The van der Waals surface area contributed by atoms with Crippen LogP contribution in [0.25, 0.3) is 0 Å². The second kappa shape index (κ2) is 7.98. The number of thiophene rings is 1. The molecule has 0 saturated heterocycles. The number of fused-ring (bicyclic) bond motifs is 1. The van der Waals surface area contributed by atoms with Crippen LogP contribution in [0.4, 0.5) is 11.4 Å². The van der Waals surface area contributed by atoms with Crippen LogP contribution in [0.15, 0.2) is 75.1 Å². The number of carbonyl (C=O) groups is 1. The minimum absolute atomic E-state index is 0.0809. The zero-order valence-corrected chi connectivity index (χ0v) is 17.3. The van der Waals surface area contributed by atoms with E-state index >= 15 is 0 Å². The van der Waals surface area contributed by atoms with E-state index in [1.54, 1.807) is 29.6 Å². The minimum atomic E-state index is -3.55. The molecule has 1 aromatic heterocycles. The third-order valence-corrected chi connectivity index (χ3v) is 8.19. The summed E-state index contributed by atoms with van der Waals surface area (Å²) >= 11 is 2.62. The van der Waals surface area contributed by atoms with Gasteiger partial charge in [0, 0.05) is 22.8 Å². The number of anilines is 2. The Morgan fingerprint density at radius 1 is 1.07 bits per heavy atom. The van der Waals surface area contributed by atoms with Gasteiger partial charge in [-0.3, -0.25) is 9.52 Å². The number of hydrogen-bond donors (Lipinski definition) is 1. The molecular weight excluding hydrogens is 412 g/mol. The van der Waals surface area contributed by atoms with Gasteiger partial charge in [-0.2, -0.15) is 0 Å². The van der Waals surface area contributed by atoms with E-state index in [0.29, 0.717) is 11.4 Å². The first-order valence-electron chi connectivity index (χ1n) is 8.70. The molecule has 0 unspecified atom stereocenters. The van der Waals surface area contributed by atoms with Crippen molar-refractivity contribution in [2.45, 2.75) is 15.5 Å². The zero-order valence-electron chi connectivity index (χ0n) is 14.9. The molecule has 1 amide bonds. The summed E-state index contributed by atoms with van der Waals surface area (Å²) in [6, 6.07) is 18.3. The Kier molecular flexibility index (Phi) is 5.43. The van der Waals surface area contributed by atoms with Crippen molar-refractivity contribution in [2.75, 3.05) is 21.9 Å². The van der Waals surface area contributed by atoms with Crippen molar-refractivity contribution in [3.63, 3.8) is 0 Å². The molecular formula is C20H18N2O3S3. The van der Waals surface area contributed by atoms with Gasteiger partial charge in [-0.25, -0.2) is 8.42 Å². The highest BCUT2D eigenvalue weighted by Gasteiger charge is 2.23. The highest BCUT2D eigenvalue weighted by atomic mass is 32.2. The number of sulfonamides is 1. The number of benzene rings is 2. The van der Waals surface area contributed by atoms with Gasteiger partial charge in [0.15, 0.2) is 0 Å². The van der Waals surface area contributed by atoms with E-state index in [1.807, 2.05) is 35.2 Å². The molecule has 2 aromatic carbocycles. The van der Waals surface area contributed by atoms with E-state index < -0.39 is 10.0 Å². The Hall–Kier alpha value is -2.29. The van der Waals surface area contributed by atoms with Crippen molar-refractivity contribution >= 4 is 50.4 Å². The molecule has 1 aliphatic rings. The second-order valence-corrected chi connectivity index (χ2v) is 10.2. The zero-order chi connectivity index (χ0) is 19.6. The maximum absolute atomic E-state index is 12.6. The number of para-hydroxylation sites is 1. The highest BCUT2D eigenvalue weighted by Crippen LogP contribution is 2.29. The molecule has 3 aromatic rings. The predicted molar refractivity (Wildman–Crippen MR) is 115 cm³/mol. The lowest BCUT2D eigenvalue weighted by Gasteiger charge is -2.17. The Morgan fingerprint density at radius 3 is 2.61 bits per heavy atom. The third-order valence-electron chi connectivity index (χ3n) is 4.42. The molecule has 8 heteroatoms. The van der Waals surface area contributed by atoms with Gasteiger partial charge in [0.25, 0.3) is 10.0 Å². The van der Waals surface area contributed by atoms with Crippen LogP contribution in [0.2, 0.25) is 0 Å². The topological polar surface area (TPSA) is 66.5 Å². The monoisotopic (exact) mass is 430 g/mol. The maximum atomic E-state index is 12.6. The smallest absolute Gasteiger partial charge is 0.271 e. The maximum Gasteiger partial charge on any atom is 0.271 e. The number of rotatable bonds is 6. The lowest BCUT2D eigenvalue weighted by Crippen LogP contribution is -2.30. The largest absolute Gasteiger partial charge is 0.311 e. The first-order valence-corrected chi connectivity index (χ1v) is 12.1. The summed E-state index contributed by atoms with van der Waals surface area (Å²) in [7, 11) is -3.55. The number of nitrogens with zero attached hydrogens (tertiary/aromatic N) is 1. The molecule has 0 atom stereocenters. The number of thioether (sulfide) groups is 1. The van der Waals surface area contributed by atoms with Gasteiger partial charge >= 0.3 is 0 Å². The van der Waals surface area contributed by atoms with Gasteiger partial charge in [0.05, 0.1) is 5.75 Å². The van der Waals surface area contributed by atoms with Crippen LogP contribution in [0.3, 0.4) is 0 Å². The molecule has 28 heavy (non-hydrogen) atoms. The first kappa shape index (κ1) is 19.0. The second-order valence-electron chi connectivity index (χ2n) is 6.27. The molecule has 0 aliphatic carbocycles. The van der Waals surface area contributed by atoms with E-state index in [1.165, 1.54) is 28.7 Å². The van der Waals surface area contributed by atoms with E-state index in [9.17, 15) is 13.2 Å². The number of hydrogen-bond acceptors (Lipinski definition) is 5. The van der Waals surface area contributed by atoms with Crippen LogP contribution in [0.5, 0.6) is 0 Å². The molecule has 144 valence electrons. The first-order chi connectivity index (χ1) is 13.5. The molecule has 0 bridgehead atoms. The summed E-state index contributed by atoms with van der Waals surface area (Å²) < 4.78 is 27.4. The van der Waals surface area contributed by atoms with Crippen molar-refractivity contribution in [1.82, 2.24) is 0 Å². The molecule has 0 saturated carbocycles. The molecule has 0 radical (unpaired) electrons. The summed E-state index contributed by atoms with van der Waals surface area (Å²) in [4.78, 5) is 15.3. The molecule has 2 heterocycles. The van der Waals surface area contributed by atoms with E-state index in [-0.39, 0.29) is 10.1 Å². The van der Waals surface area contributed by atoms with Crippen molar-refractivity contribution in [3.05, 3.63) is 71.6 Å². The average Bonchev–Trinajstić information content (AvgIpc) is 3.37. The van der Waals surface area contributed by atoms with Crippen molar-refractivity contribution in [1.29, 1.82) is 0 Å². The lowest BCUT2D eigenvalue weighted by molar-refractivity contribution is -0.116. The van der Waals surface area contributed by atoms with Crippen molar-refractivity contribution in [2.24, 2.45) is 0 Å². The van der Waals surface area contributed by atoms with Crippen LogP contribution < -0.4 is 9.62 Å². The summed E-state index contributed by atoms with van der Waals surface area (Å²) in [5.74, 6) is 0.423. The van der Waals surface area contributed by atoms with Gasteiger partial charge in [0.2, 0.25) is 5.91 Å². The fourth-order valence-electron chi connectivity index (χ4n) is 3.06. The number of carbonyl (C=O) groups excluding carboxylic acids is 1. The van der Waals surface area contributed by atoms with E-state index in [0.717, 1.165) is 23.5 Å². The summed E-state index contributed by atoms with van der Waals surface area (Å²) in [5.41, 5.74) is 2.72. The van der Waals surface area contributed by atoms with Gasteiger partial charge in [0.1, 0.15) is 4.21 Å². The van der Waals surface area contributed by atoms with Gasteiger partial charge in [-0.15, -0.1) is 23.1 Å². The van der Waals surface area contributed by atoms with E-state index in [4.69, 9.17) is 0 Å². The predicted octanol–water partition coefficient (Wildman–Crippen LogP) is 4.23. The van der Waals surface area contributed by atoms with Crippen LogP contribution >= 0.6 is 23.1 Å². The van der Waals surface area contributed by atoms with Crippen molar-refractivity contribution in [3.8, 4) is 0 Å². The fourth-order valence-corrected chi connectivity index (χ4v) is 5.89. The van der Waals surface area contributed by atoms with Crippen LogP contribution in [-0.2, 0) is 21.2 Å². The minimum Gasteiger partial charge on any atom is -0.311 e. The molecule has 0 spiro atoms. The molecule has 5 nitrogen and oxygen atoms in total. The SMILES string of the molecule is O=C(CSc1ccc(NS(=O)(=O)c2cccs2)cc1)N1CCc2ccccc21. The van der Waals surface area contributed by atoms with Crippen LogP contribution in [0.1, 0.15) is 5.56 Å². The summed E-state index contributed by atoms with van der Waals surface area (Å²) in [5, 5.41) is 1.73. The van der Waals surface area contributed by atoms with Gasteiger partial charge in [-0.1, -0.05) is 24.3 Å². The molecule has 1 aliphatic heterocycles. The Morgan fingerprint density at radius 2 is 1.86 bits per heavy atom. The normalized spacial score (nSPS) is 13.4. The molecule has 1 N–H and O–H groups in total. The number of nitrogens with one attached hydrogen (secondary N) is 1. The quantitative estimate of drug-likeness (QED) is 0.595. The standard InChI is InChI=1S/C20H18N2O3S3/c23-19(22-12-11-15-4-1-2-5-18(15)22)14-27-17-9-7-16(8-10-17)21-28(24,25)20-6-3-13-26-20/h1-10,13,21H,11-12,14H2. The Balaban J connectivity index is 1.36. The molecule has 0 fully saturated rings. The van der Waals surface area contributed by atoms with Gasteiger partial charge in [-0.05, 0) is 53.8 Å². The van der Waals surface area contributed by atoms with Crippen molar-refractivity contribution < 1.29 is 13.2 Å². The summed E-state index contributed by atoms with van der Waals surface area (Å²) in [6.07, 6.45) is 0.895.